The zero-order valence-electron chi connectivity index (χ0n) is 9.38. The zero-order valence-corrected chi connectivity index (χ0v) is 9.38. The van der Waals surface area contributed by atoms with E-state index >= 15 is 0 Å². The standard InChI is InChI=1S/C12H20O2/c1-8(2)9-4-6-12(3)7-5-10(13)14-11(9)12/h8-9,11H,4-7H2,1-3H3/t9-,11+,12+/m0/s1. The van der Waals surface area contributed by atoms with Crippen LogP contribution < -0.4 is 0 Å². The van der Waals surface area contributed by atoms with Gasteiger partial charge in [-0.25, -0.2) is 0 Å². The second-order valence-corrected chi connectivity index (χ2v) is 5.51. The summed E-state index contributed by atoms with van der Waals surface area (Å²) in [6, 6.07) is 0. The third kappa shape index (κ3) is 1.45. The maximum Gasteiger partial charge on any atom is 0.306 e. The molecule has 1 saturated carbocycles. The smallest absolute Gasteiger partial charge is 0.306 e. The number of fused-ring (bicyclic) bond motifs is 1. The van der Waals surface area contributed by atoms with E-state index in [1.807, 2.05) is 0 Å². The van der Waals surface area contributed by atoms with E-state index in [1.54, 1.807) is 0 Å². The summed E-state index contributed by atoms with van der Waals surface area (Å²) in [6.07, 6.45) is 4.31. The van der Waals surface area contributed by atoms with E-state index in [2.05, 4.69) is 20.8 Å². The van der Waals surface area contributed by atoms with Crippen LogP contribution in [0.4, 0.5) is 0 Å². The Balaban J connectivity index is 2.18. The van der Waals surface area contributed by atoms with Crippen LogP contribution in [0.1, 0.15) is 46.5 Å². The molecule has 2 nitrogen and oxygen atoms in total. The molecule has 1 aliphatic heterocycles. The minimum atomic E-state index is 0.0139. The van der Waals surface area contributed by atoms with Crippen molar-refractivity contribution in [1.82, 2.24) is 0 Å². The van der Waals surface area contributed by atoms with E-state index in [1.165, 1.54) is 12.8 Å². The normalized spacial score (nSPS) is 42.4. The maximum absolute atomic E-state index is 11.3. The Morgan fingerprint density at radius 1 is 1.43 bits per heavy atom. The minimum Gasteiger partial charge on any atom is -0.461 e. The molecule has 0 spiro atoms. The van der Waals surface area contributed by atoms with E-state index < -0.39 is 0 Å². The first-order valence-corrected chi connectivity index (χ1v) is 5.72. The second-order valence-electron chi connectivity index (χ2n) is 5.51. The van der Waals surface area contributed by atoms with Gasteiger partial charge in [0.25, 0.3) is 0 Å². The Kier molecular flexibility index (Phi) is 2.32. The van der Waals surface area contributed by atoms with Crippen molar-refractivity contribution in [3.8, 4) is 0 Å². The average Bonchev–Trinajstić information content (AvgIpc) is 2.43. The lowest BCUT2D eigenvalue weighted by Crippen LogP contribution is -2.41. The third-order valence-electron chi connectivity index (χ3n) is 4.14. The molecule has 3 atom stereocenters. The van der Waals surface area contributed by atoms with Crippen molar-refractivity contribution in [2.24, 2.45) is 17.3 Å². The molecule has 2 aliphatic rings. The van der Waals surface area contributed by atoms with Gasteiger partial charge >= 0.3 is 5.97 Å². The molecule has 0 amide bonds. The average molecular weight is 196 g/mol. The Hall–Kier alpha value is -0.530. The summed E-state index contributed by atoms with van der Waals surface area (Å²) >= 11 is 0. The first-order chi connectivity index (χ1) is 6.53. The molecular formula is C12H20O2. The number of carbonyl (C=O) groups excluding carboxylic acids is 1. The van der Waals surface area contributed by atoms with Crippen LogP contribution in [-0.4, -0.2) is 12.1 Å². The van der Waals surface area contributed by atoms with Crippen LogP contribution >= 0.6 is 0 Å². The molecule has 0 bridgehead atoms. The summed E-state index contributed by atoms with van der Waals surface area (Å²) < 4.78 is 5.55. The lowest BCUT2D eigenvalue weighted by molar-refractivity contribution is -0.167. The highest BCUT2D eigenvalue weighted by Crippen LogP contribution is 2.51. The van der Waals surface area contributed by atoms with Crippen LogP contribution in [0.25, 0.3) is 0 Å². The van der Waals surface area contributed by atoms with Crippen molar-refractivity contribution in [3.05, 3.63) is 0 Å². The Labute approximate surface area is 86.0 Å². The van der Waals surface area contributed by atoms with E-state index in [9.17, 15) is 4.79 Å². The summed E-state index contributed by atoms with van der Waals surface area (Å²) in [5.41, 5.74) is 0.281. The van der Waals surface area contributed by atoms with Crippen LogP contribution in [0.15, 0.2) is 0 Å². The van der Waals surface area contributed by atoms with Gasteiger partial charge in [-0.3, -0.25) is 4.79 Å². The molecule has 2 fully saturated rings. The van der Waals surface area contributed by atoms with Gasteiger partial charge < -0.3 is 4.74 Å². The van der Waals surface area contributed by atoms with Crippen molar-refractivity contribution in [3.63, 3.8) is 0 Å². The summed E-state index contributed by atoms with van der Waals surface area (Å²) in [4.78, 5) is 11.3. The molecule has 1 heterocycles. The molecule has 0 N–H and O–H groups in total. The second kappa shape index (κ2) is 3.25. The summed E-state index contributed by atoms with van der Waals surface area (Å²) in [6.45, 7) is 6.75. The van der Waals surface area contributed by atoms with Gasteiger partial charge in [-0.2, -0.15) is 0 Å². The predicted molar refractivity (Wildman–Crippen MR) is 54.8 cm³/mol. The van der Waals surface area contributed by atoms with Crippen molar-refractivity contribution in [2.45, 2.75) is 52.6 Å². The number of hydrogen-bond donors (Lipinski definition) is 0. The van der Waals surface area contributed by atoms with Crippen molar-refractivity contribution in [2.75, 3.05) is 0 Å². The number of rotatable bonds is 1. The van der Waals surface area contributed by atoms with Crippen LogP contribution in [0.5, 0.6) is 0 Å². The molecule has 0 radical (unpaired) electrons. The highest BCUT2D eigenvalue weighted by molar-refractivity contribution is 5.70. The van der Waals surface area contributed by atoms with Crippen molar-refractivity contribution >= 4 is 5.97 Å². The minimum absolute atomic E-state index is 0.0139. The molecule has 0 aromatic carbocycles. The van der Waals surface area contributed by atoms with E-state index in [0.29, 0.717) is 18.3 Å². The summed E-state index contributed by atoms with van der Waals surface area (Å²) in [5.74, 6) is 1.23. The molecule has 80 valence electrons. The first-order valence-electron chi connectivity index (χ1n) is 5.72. The number of ether oxygens (including phenoxy) is 1. The van der Waals surface area contributed by atoms with Gasteiger partial charge in [0.1, 0.15) is 6.10 Å². The molecule has 2 rings (SSSR count). The van der Waals surface area contributed by atoms with Crippen molar-refractivity contribution in [1.29, 1.82) is 0 Å². The van der Waals surface area contributed by atoms with Crippen LogP contribution in [0.2, 0.25) is 0 Å². The van der Waals surface area contributed by atoms with Crippen LogP contribution in [0.3, 0.4) is 0 Å². The van der Waals surface area contributed by atoms with Crippen LogP contribution in [-0.2, 0) is 9.53 Å². The van der Waals surface area contributed by atoms with Gasteiger partial charge in [-0.1, -0.05) is 20.8 Å². The number of hydrogen-bond acceptors (Lipinski definition) is 2. The van der Waals surface area contributed by atoms with Gasteiger partial charge in [-0.05, 0) is 31.1 Å². The molecule has 0 aromatic heterocycles. The summed E-state index contributed by atoms with van der Waals surface area (Å²) in [5, 5.41) is 0. The molecule has 14 heavy (non-hydrogen) atoms. The maximum atomic E-state index is 11.3. The highest BCUT2D eigenvalue weighted by Gasteiger charge is 2.50. The quantitative estimate of drug-likeness (QED) is 0.603. The third-order valence-corrected chi connectivity index (χ3v) is 4.14. The van der Waals surface area contributed by atoms with Gasteiger partial charge in [0.05, 0.1) is 0 Å². The molecule has 1 aliphatic carbocycles. The monoisotopic (exact) mass is 196 g/mol. The SMILES string of the molecule is CC(C)[C@@H]1CC[C@]2(C)CCC(=O)O[C@H]12. The summed E-state index contributed by atoms with van der Waals surface area (Å²) in [7, 11) is 0. The molecule has 0 aromatic rings. The highest BCUT2D eigenvalue weighted by atomic mass is 16.5. The predicted octanol–water partition coefficient (Wildman–Crippen LogP) is 2.76. The Morgan fingerprint density at radius 3 is 2.79 bits per heavy atom. The molecule has 0 unspecified atom stereocenters. The number of carbonyl (C=O) groups is 1. The van der Waals surface area contributed by atoms with Crippen LogP contribution in [0, 0.1) is 17.3 Å². The Bertz CT molecular complexity index is 247. The van der Waals surface area contributed by atoms with Gasteiger partial charge in [-0.15, -0.1) is 0 Å². The lowest BCUT2D eigenvalue weighted by atomic mass is 9.77. The van der Waals surface area contributed by atoms with Gasteiger partial charge in [0.2, 0.25) is 0 Å². The largest absolute Gasteiger partial charge is 0.461 e. The van der Waals surface area contributed by atoms with E-state index in [4.69, 9.17) is 4.74 Å². The molecule has 1 saturated heterocycles. The fourth-order valence-electron chi connectivity index (χ4n) is 3.07. The lowest BCUT2D eigenvalue weighted by Gasteiger charge is -2.38. The van der Waals surface area contributed by atoms with E-state index in [0.717, 1.165) is 6.42 Å². The molecular weight excluding hydrogens is 176 g/mol. The fraction of sp³-hybridized carbons (Fsp3) is 0.917. The van der Waals surface area contributed by atoms with E-state index in [-0.39, 0.29) is 17.5 Å². The molecule has 2 heteroatoms. The fourth-order valence-corrected chi connectivity index (χ4v) is 3.07. The zero-order chi connectivity index (χ0) is 10.3. The number of esters is 1. The van der Waals surface area contributed by atoms with Gasteiger partial charge in [0.15, 0.2) is 0 Å². The van der Waals surface area contributed by atoms with Gasteiger partial charge in [0, 0.05) is 11.8 Å². The topological polar surface area (TPSA) is 26.3 Å². The first kappa shape index (κ1) is 10.0. The van der Waals surface area contributed by atoms with Crippen molar-refractivity contribution < 1.29 is 9.53 Å². The Morgan fingerprint density at radius 2 is 2.14 bits per heavy atom.